The van der Waals surface area contributed by atoms with E-state index in [4.69, 9.17) is 9.47 Å². The molecule has 0 radical (unpaired) electrons. The number of Topliss-reactive ketones (excluding diaryl/α,β-unsaturated/α-hetero) is 1. The van der Waals surface area contributed by atoms with Crippen molar-refractivity contribution >= 4 is 45.0 Å². The lowest BCUT2D eigenvalue weighted by molar-refractivity contribution is -0.123. The third-order valence-corrected chi connectivity index (χ3v) is 9.01. The minimum Gasteiger partial charge on any atom is -0.507 e. The molecule has 1 N–H and O–H groups in total. The van der Waals surface area contributed by atoms with Crippen LogP contribution in [0, 0.1) is 17.8 Å². The number of nitrogens with zero attached hydrogens (tertiary/aromatic N) is 1. The van der Waals surface area contributed by atoms with Gasteiger partial charge in [-0.1, -0.05) is 27.6 Å². The molecule has 9 heteroatoms. The normalized spacial score (nSPS) is 25.8. The van der Waals surface area contributed by atoms with Gasteiger partial charge in [0.15, 0.2) is 11.6 Å². The van der Waals surface area contributed by atoms with E-state index in [0.29, 0.717) is 34.6 Å². The molecule has 0 aromatic heterocycles. The first-order chi connectivity index (χ1) is 19.2. The summed E-state index contributed by atoms with van der Waals surface area (Å²) in [5.74, 6) is -3.37. The Morgan fingerprint density at radius 1 is 0.975 bits per heavy atom. The van der Waals surface area contributed by atoms with E-state index in [1.165, 1.54) is 31.3 Å². The van der Waals surface area contributed by atoms with Gasteiger partial charge in [0.05, 0.1) is 31.7 Å². The molecule has 0 spiro atoms. The lowest BCUT2D eigenvalue weighted by atomic mass is 9.59. The molecule has 6 rings (SSSR count). The van der Waals surface area contributed by atoms with Gasteiger partial charge >= 0.3 is 0 Å². The van der Waals surface area contributed by atoms with Crippen LogP contribution in [0.4, 0.5) is 5.69 Å². The van der Waals surface area contributed by atoms with E-state index in [0.717, 1.165) is 10.0 Å². The number of halogens is 1. The summed E-state index contributed by atoms with van der Waals surface area (Å²) in [6.07, 6.45) is 3.68. The minimum atomic E-state index is -0.832. The molecule has 3 aliphatic carbocycles. The summed E-state index contributed by atoms with van der Waals surface area (Å²) in [6, 6.07) is 10.0. The highest BCUT2D eigenvalue weighted by atomic mass is 79.9. The Balaban J connectivity index is 1.53. The van der Waals surface area contributed by atoms with Crippen LogP contribution in [0.1, 0.15) is 31.2 Å². The summed E-state index contributed by atoms with van der Waals surface area (Å²) in [5, 5.41) is 11.2. The number of fused-ring (bicyclic) bond motifs is 3. The second kappa shape index (κ2) is 9.59. The first kappa shape index (κ1) is 26.3. The number of allylic oxidation sites excluding steroid dienone is 6. The monoisotopic (exact) mass is 603 g/mol. The van der Waals surface area contributed by atoms with Crippen molar-refractivity contribution < 1.29 is 33.8 Å². The molecule has 8 nitrogen and oxygen atoms in total. The summed E-state index contributed by atoms with van der Waals surface area (Å²) in [5.41, 5.74) is 2.44. The van der Waals surface area contributed by atoms with Gasteiger partial charge in [0, 0.05) is 44.8 Å². The van der Waals surface area contributed by atoms with Gasteiger partial charge < -0.3 is 14.6 Å². The van der Waals surface area contributed by atoms with E-state index in [1.54, 1.807) is 37.3 Å². The van der Waals surface area contributed by atoms with Crippen molar-refractivity contribution in [2.75, 3.05) is 19.1 Å². The zero-order chi connectivity index (χ0) is 28.5. The first-order valence-electron chi connectivity index (χ1n) is 12.9. The fourth-order valence-corrected chi connectivity index (χ4v) is 6.99. The summed E-state index contributed by atoms with van der Waals surface area (Å²) in [4.78, 5) is 55.8. The molecule has 1 aliphatic heterocycles. The van der Waals surface area contributed by atoms with Crippen molar-refractivity contribution in [2.24, 2.45) is 17.8 Å². The smallest absolute Gasteiger partial charge is 0.238 e. The molecule has 2 aromatic carbocycles. The summed E-state index contributed by atoms with van der Waals surface area (Å²) in [7, 11) is 2.91. The van der Waals surface area contributed by atoms with E-state index in [-0.39, 0.29) is 46.9 Å². The van der Waals surface area contributed by atoms with Crippen LogP contribution in [-0.4, -0.2) is 42.7 Å². The highest BCUT2D eigenvalue weighted by Crippen LogP contribution is 2.58. The largest absolute Gasteiger partial charge is 0.507 e. The predicted octanol–water partition coefficient (Wildman–Crippen LogP) is 4.81. The summed E-state index contributed by atoms with van der Waals surface area (Å²) in [6.45, 7) is 1.60. The molecule has 40 heavy (non-hydrogen) atoms. The van der Waals surface area contributed by atoms with E-state index in [2.05, 4.69) is 15.9 Å². The number of phenols is 1. The molecular weight excluding hydrogens is 578 g/mol. The van der Waals surface area contributed by atoms with Gasteiger partial charge in [-0.3, -0.25) is 24.1 Å². The summed E-state index contributed by atoms with van der Waals surface area (Å²) < 4.78 is 11.8. The minimum absolute atomic E-state index is 0.154. The number of ketones is 2. The average Bonchev–Trinajstić information content (AvgIpc) is 3.20. The Morgan fingerprint density at radius 2 is 1.70 bits per heavy atom. The lowest BCUT2D eigenvalue weighted by Gasteiger charge is -2.42. The van der Waals surface area contributed by atoms with Gasteiger partial charge in [-0.15, -0.1) is 0 Å². The highest BCUT2D eigenvalue weighted by Gasteiger charge is 2.57. The van der Waals surface area contributed by atoms with E-state index in [9.17, 15) is 24.3 Å². The van der Waals surface area contributed by atoms with Crippen LogP contribution >= 0.6 is 15.9 Å². The maximum absolute atomic E-state index is 14.0. The number of anilines is 1. The number of hydrogen-bond donors (Lipinski definition) is 1. The van der Waals surface area contributed by atoms with Crippen molar-refractivity contribution in [3.8, 4) is 17.2 Å². The van der Waals surface area contributed by atoms with Gasteiger partial charge in [-0.25, -0.2) is 0 Å². The Hall–Kier alpha value is -3.98. The van der Waals surface area contributed by atoms with Gasteiger partial charge in [0.1, 0.15) is 17.2 Å². The van der Waals surface area contributed by atoms with Crippen LogP contribution < -0.4 is 14.4 Å². The Morgan fingerprint density at radius 3 is 2.38 bits per heavy atom. The number of imide groups is 1. The van der Waals surface area contributed by atoms with Gasteiger partial charge in [0.2, 0.25) is 11.8 Å². The number of phenolic OH excluding ortho intramolecular Hbond substituents is 1. The highest BCUT2D eigenvalue weighted by molar-refractivity contribution is 9.10. The van der Waals surface area contributed by atoms with Gasteiger partial charge in [0.25, 0.3) is 0 Å². The Kier molecular flexibility index (Phi) is 6.29. The standard InChI is InChI=1S/C31H26BrNO7/c1-14-10-22(34)26-21(29(14)36)13-20-18(27(26)28-23(35)11-17(39-2)12-24(28)40-3)8-9-19-25(20)31(38)33(30(19)37)16-6-4-15(32)5-7-16/h4-8,10-12,19-20,25,27,35H,9,13H2,1-3H3/t19-,20+,25-,27-/m0/s1. The van der Waals surface area contributed by atoms with E-state index >= 15 is 0 Å². The first-order valence-corrected chi connectivity index (χ1v) is 13.7. The number of carbonyl (C=O) groups excluding carboxylic acids is 4. The zero-order valence-corrected chi connectivity index (χ0v) is 23.7. The number of carbonyl (C=O) groups is 4. The quantitative estimate of drug-likeness (QED) is 0.303. The molecule has 1 saturated heterocycles. The second-order valence-electron chi connectivity index (χ2n) is 10.5. The third-order valence-electron chi connectivity index (χ3n) is 8.49. The van der Waals surface area contributed by atoms with Crippen LogP contribution in [0.2, 0.25) is 0 Å². The SMILES string of the molecule is COc1cc(O)c([C@H]2C3=CC[C@@H]4C(=O)N(c5ccc(Br)cc5)C(=O)[C@@H]4[C@@H]3CC3=C2C(=O)C=C(C)C3=O)c(OC)c1. The van der Waals surface area contributed by atoms with Crippen LogP contribution in [0.3, 0.4) is 0 Å². The van der Waals surface area contributed by atoms with Crippen molar-refractivity contribution in [3.63, 3.8) is 0 Å². The number of methoxy groups -OCH3 is 2. The third kappa shape index (κ3) is 3.78. The van der Waals surface area contributed by atoms with Crippen molar-refractivity contribution in [1.82, 2.24) is 0 Å². The molecular formula is C31H26BrNO7. The summed E-state index contributed by atoms with van der Waals surface area (Å²) >= 11 is 3.39. The second-order valence-corrected chi connectivity index (χ2v) is 11.4. The van der Waals surface area contributed by atoms with Crippen molar-refractivity contribution in [1.29, 1.82) is 0 Å². The maximum atomic E-state index is 14.0. The number of benzene rings is 2. The van der Waals surface area contributed by atoms with E-state index < -0.39 is 23.7 Å². The number of hydrogen-bond acceptors (Lipinski definition) is 7. The molecule has 4 atom stereocenters. The molecule has 0 saturated carbocycles. The van der Waals surface area contributed by atoms with Crippen LogP contribution in [0.15, 0.2) is 75.3 Å². The van der Waals surface area contributed by atoms with Crippen molar-refractivity contribution in [3.05, 3.63) is 80.9 Å². The molecule has 1 heterocycles. The lowest BCUT2D eigenvalue weighted by Crippen LogP contribution is -2.40. The molecule has 0 bridgehead atoms. The number of amides is 2. The van der Waals surface area contributed by atoms with Gasteiger partial charge in [-0.2, -0.15) is 0 Å². The van der Waals surface area contributed by atoms with Gasteiger partial charge in [-0.05, 0) is 56.0 Å². The van der Waals surface area contributed by atoms with Crippen LogP contribution in [-0.2, 0) is 19.2 Å². The van der Waals surface area contributed by atoms with Crippen LogP contribution in [0.5, 0.6) is 17.2 Å². The molecule has 2 aromatic rings. The molecule has 4 aliphatic rings. The van der Waals surface area contributed by atoms with Crippen LogP contribution in [0.25, 0.3) is 0 Å². The maximum Gasteiger partial charge on any atom is 0.238 e. The fraction of sp³-hybridized carbons (Fsp3) is 0.290. The van der Waals surface area contributed by atoms with E-state index in [1.807, 2.05) is 6.08 Å². The number of ether oxygens (including phenoxy) is 2. The number of aromatic hydroxyl groups is 1. The molecule has 0 unspecified atom stereocenters. The predicted molar refractivity (Wildman–Crippen MR) is 149 cm³/mol. The fourth-order valence-electron chi connectivity index (χ4n) is 6.72. The molecule has 2 amide bonds. The zero-order valence-electron chi connectivity index (χ0n) is 22.1. The molecule has 204 valence electrons. The topological polar surface area (TPSA) is 110 Å². The number of rotatable bonds is 4. The Bertz CT molecular complexity index is 1600. The average molecular weight is 604 g/mol. The Labute approximate surface area is 239 Å². The van der Waals surface area contributed by atoms with Crippen molar-refractivity contribution in [2.45, 2.75) is 25.7 Å². The molecule has 1 fully saturated rings.